The summed E-state index contributed by atoms with van der Waals surface area (Å²) in [5.41, 5.74) is 7.21. The van der Waals surface area contributed by atoms with Crippen LogP contribution in [0.3, 0.4) is 0 Å². The molecular weight excluding hydrogens is 613 g/mol. The molecule has 0 saturated carbocycles. The fourth-order valence-corrected chi connectivity index (χ4v) is 4.42. The van der Waals surface area contributed by atoms with Crippen molar-refractivity contribution in [2.75, 3.05) is 6.61 Å². The highest BCUT2D eigenvalue weighted by atomic mass is 79.9. The molecule has 2 N–H and O–H groups in total. The number of esters is 1. The maximum Gasteiger partial charge on any atom is 0.358 e. The zero-order valence-corrected chi connectivity index (χ0v) is 22.3. The molecule has 176 valence electrons. The van der Waals surface area contributed by atoms with Gasteiger partial charge in [-0.1, -0.05) is 23.2 Å². The minimum absolute atomic E-state index is 0.224. The van der Waals surface area contributed by atoms with E-state index in [1.807, 2.05) is 6.07 Å². The van der Waals surface area contributed by atoms with Gasteiger partial charge in [-0.05, 0) is 87.3 Å². The molecule has 0 atom stereocenters. The van der Waals surface area contributed by atoms with Crippen LogP contribution < -0.4 is 5.73 Å². The Morgan fingerprint density at radius 2 is 1.35 bits per heavy atom. The van der Waals surface area contributed by atoms with Gasteiger partial charge >= 0.3 is 5.97 Å². The second-order valence-corrected chi connectivity index (χ2v) is 9.15. The molecule has 0 radical (unpaired) electrons. The smallest absolute Gasteiger partial charge is 0.358 e. The molecule has 0 saturated heterocycles. The number of nitrogens with two attached hydrogens (primary N) is 1. The number of halogens is 4. The number of rotatable bonds is 5. The van der Waals surface area contributed by atoms with Crippen molar-refractivity contribution in [2.45, 2.75) is 6.92 Å². The number of benzene rings is 2. The molecule has 2 heterocycles. The summed E-state index contributed by atoms with van der Waals surface area (Å²) in [6, 6.07) is 13.8. The van der Waals surface area contributed by atoms with Crippen molar-refractivity contribution in [3.63, 3.8) is 0 Å². The summed E-state index contributed by atoms with van der Waals surface area (Å²) in [6.45, 7) is 2.08. The molecule has 2 aromatic carbocycles. The SMILES string of the molecule is CCOC(=O)c1ccn(-c2ccc(Cl)cc2Br)n1.NC(=O)c1ccn(-c2ccc(Cl)cc2Br)n1. The van der Waals surface area contributed by atoms with E-state index in [1.54, 1.807) is 71.1 Å². The van der Waals surface area contributed by atoms with Gasteiger partial charge in [0.15, 0.2) is 5.69 Å². The van der Waals surface area contributed by atoms with Gasteiger partial charge in [0.2, 0.25) is 0 Å². The number of primary amides is 1. The molecule has 4 rings (SSSR count). The fraction of sp³-hybridized carbons (Fsp3) is 0.0909. The number of ether oxygens (including phenoxy) is 1. The second kappa shape index (κ2) is 11.7. The minimum Gasteiger partial charge on any atom is -0.461 e. The molecule has 8 nitrogen and oxygen atoms in total. The number of carbonyl (C=O) groups excluding carboxylic acids is 2. The first-order valence-electron chi connectivity index (χ1n) is 9.68. The van der Waals surface area contributed by atoms with Crippen molar-refractivity contribution in [2.24, 2.45) is 5.73 Å². The normalized spacial score (nSPS) is 10.4. The Bertz CT molecular complexity index is 1340. The molecule has 1 amide bonds. The van der Waals surface area contributed by atoms with E-state index in [9.17, 15) is 9.59 Å². The molecule has 4 aromatic rings. The van der Waals surface area contributed by atoms with Crippen LogP contribution in [0.4, 0.5) is 0 Å². The van der Waals surface area contributed by atoms with Gasteiger partial charge in [0.05, 0.1) is 18.0 Å². The van der Waals surface area contributed by atoms with Gasteiger partial charge in [0, 0.05) is 31.4 Å². The highest BCUT2D eigenvalue weighted by molar-refractivity contribution is 9.11. The summed E-state index contributed by atoms with van der Waals surface area (Å²) in [7, 11) is 0. The van der Waals surface area contributed by atoms with Gasteiger partial charge in [-0.2, -0.15) is 10.2 Å². The fourth-order valence-electron chi connectivity index (χ4n) is 2.70. The van der Waals surface area contributed by atoms with E-state index in [1.165, 1.54) is 0 Å². The molecule has 0 aliphatic rings. The van der Waals surface area contributed by atoms with E-state index >= 15 is 0 Å². The number of carbonyl (C=O) groups is 2. The number of hydrogen-bond donors (Lipinski definition) is 1. The second-order valence-electron chi connectivity index (χ2n) is 6.57. The van der Waals surface area contributed by atoms with E-state index in [4.69, 9.17) is 33.7 Å². The third-order valence-corrected chi connectivity index (χ3v) is 5.97. The van der Waals surface area contributed by atoms with E-state index in [2.05, 4.69) is 42.1 Å². The largest absolute Gasteiger partial charge is 0.461 e. The van der Waals surface area contributed by atoms with Crippen molar-refractivity contribution >= 4 is 66.9 Å². The molecular formula is C22H17Br2Cl2N5O3. The maximum atomic E-state index is 11.5. The summed E-state index contributed by atoms with van der Waals surface area (Å²) < 4.78 is 9.62. The van der Waals surface area contributed by atoms with E-state index in [-0.39, 0.29) is 11.4 Å². The quantitative estimate of drug-likeness (QED) is 0.279. The van der Waals surface area contributed by atoms with Gasteiger partial charge in [0.1, 0.15) is 5.69 Å². The summed E-state index contributed by atoms with van der Waals surface area (Å²) in [4.78, 5) is 22.4. The van der Waals surface area contributed by atoms with Crippen LogP contribution in [0.5, 0.6) is 0 Å². The number of aromatic nitrogens is 4. The molecule has 2 aromatic heterocycles. The van der Waals surface area contributed by atoms with E-state index in [0.29, 0.717) is 16.7 Å². The molecule has 0 fully saturated rings. The highest BCUT2D eigenvalue weighted by Gasteiger charge is 2.12. The standard InChI is InChI=1S/C12H10BrClN2O2.C10H7BrClN3O/c1-2-18-12(17)10-5-6-16(15-10)11-4-3-8(14)7-9(11)13;11-7-5-6(12)1-2-9(7)15-4-3-8(14-15)10(13)16/h3-7H,2H2,1H3;1-5H,(H2,13,16). The average Bonchev–Trinajstić information content (AvgIpc) is 3.45. The van der Waals surface area contributed by atoms with Crippen LogP contribution >= 0.6 is 55.1 Å². The summed E-state index contributed by atoms with van der Waals surface area (Å²) >= 11 is 18.5. The van der Waals surface area contributed by atoms with Crippen LogP contribution in [0.25, 0.3) is 11.4 Å². The van der Waals surface area contributed by atoms with Crippen LogP contribution in [0.15, 0.2) is 69.9 Å². The summed E-state index contributed by atoms with van der Waals surface area (Å²) in [6.07, 6.45) is 3.36. The van der Waals surface area contributed by atoms with Gasteiger partial charge < -0.3 is 10.5 Å². The lowest BCUT2D eigenvalue weighted by Crippen LogP contribution is -2.12. The highest BCUT2D eigenvalue weighted by Crippen LogP contribution is 2.25. The lowest BCUT2D eigenvalue weighted by molar-refractivity contribution is 0.0519. The monoisotopic (exact) mass is 627 g/mol. The van der Waals surface area contributed by atoms with Crippen molar-refractivity contribution < 1.29 is 14.3 Å². The Kier molecular flexibility index (Phi) is 8.90. The van der Waals surface area contributed by atoms with Gasteiger partial charge in [0.25, 0.3) is 5.91 Å². The van der Waals surface area contributed by atoms with E-state index in [0.717, 1.165) is 20.3 Å². The lowest BCUT2D eigenvalue weighted by Gasteiger charge is -2.04. The predicted octanol–water partition coefficient (Wildman–Crippen LogP) is 5.85. The maximum absolute atomic E-state index is 11.5. The molecule has 0 unspecified atom stereocenters. The van der Waals surface area contributed by atoms with Gasteiger partial charge in [-0.25, -0.2) is 14.2 Å². The van der Waals surface area contributed by atoms with Crippen LogP contribution in [0, 0.1) is 0 Å². The molecule has 0 spiro atoms. The molecule has 12 heteroatoms. The van der Waals surface area contributed by atoms with Crippen molar-refractivity contribution in [1.29, 1.82) is 0 Å². The molecule has 0 aliphatic carbocycles. The van der Waals surface area contributed by atoms with Crippen molar-refractivity contribution in [3.8, 4) is 11.4 Å². The first-order valence-corrected chi connectivity index (χ1v) is 12.0. The van der Waals surface area contributed by atoms with Gasteiger partial charge in [-0.15, -0.1) is 0 Å². The topological polar surface area (TPSA) is 105 Å². The van der Waals surface area contributed by atoms with Crippen LogP contribution in [0.2, 0.25) is 10.0 Å². The van der Waals surface area contributed by atoms with Crippen LogP contribution in [-0.4, -0.2) is 38.0 Å². The zero-order chi connectivity index (χ0) is 24.8. The summed E-state index contributed by atoms with van der Waals surface area (Å²) in [5, 5.41) is 9.45. The third kappa shape index (κ3) is 6.47. The lowest BCUT2D eigenvalue weighted by atomic mass is 10.3. The number of nitrogens with zero attached hydrogens (tertiary/aromatic N) is 4. The zero-order valence-electron chi connectivity index (χ0n) is 17.6. The number of hydrogen-bond acceptors (Lipinski definition) is 5. The number of amides is 1. The van der Waals surface area contributed by atoms with Crippen molar-refractivity contribution in [3.05, 3.63) is 91.3 Å². The van der Waals surface area contributed by atoms with Crippen LogP contribution in [0.1, 0.15) is 27.9 Å². The molecule has 0 bridgehead atoms. The van der Waals surface area contributed by atoms with Gasteiger partial charge in [-0.3, -0.25) is 4.79 Å². The first kappa shape index (κ1) is 26.0. The van der Waals surface area contributed by atoms with E-state index < -0.39 is 11.9 Å². The Labute approximate surface area is 221 Å². The summed E-state index contributed by atoms with van der Waals surface area (Å²) in [5.74, 6) is -0.981. The minimum atomic E-state index is -0.552. The van der Waals surface area contributed by atoms with Crippen LogP contribution in [-0.2, 0) is 4.74 Å². The first-order chi connectivity index (χ1) is 16.2. The molecule has 34 heavy (non-hydrogen) atoms. The van der Waals surface area contributed by atoms with Crippen molar-refractivity contribution in [1.82, 2.24) is 19.6 Å². The Morgan fingerprint density at radius 3 is 1.76 bits per heavy atom. The Morgan fingerprint density at radius 1 is 0.882 bits per heavy atom. The average molecular weight is 630 g/mol. The molecule has 0 aliphatic heterocycles. The Hall–Kier alpha value is -2.66. The Balaban J connectivity index is 0.000000192. The third-order valence-electron chi connectivity index (χ3n) is 4.23. The predicted molar refractivity (Wildman–Crippen MR) is 137 cm³/mol.